The molecule has 0 aliphatic carbocycles. The summed E-state index contributed by atoms with van der Waals surface area (Å²) in [6.07, 6.45) is 1.68. The Bertz CT molecular complexity index is 522. The van der Waals surface area contributed by atoms with E-state index in [4.69, 9.17) is 5.73 Å². The molecule has 0 fully saturated rings. The third kappa shape index (κ3) is 3.28. The third-order valence-corrected chi connectivity index (χ3v) is 3.69. The van der Waals surface area contributed by atoms with Gasteiger partial charge in [0.15, 0.2) is 0 Å². The second kappa shape index (κ2) is 5.94. The van der Waals surface area contributed by atoms with Crippen LogP contribution in [0.4, 0.5) is 0 Å². The Hall–Kier alpha value is -1.45. The van der Waals surface area contributed by atoms with Crippen LogP contribution in [0.1, 0.15) is 11.6 Å². The minimum atomic E-state index is -0.862. The van der Waals surface area contributed by atoms with Crippen molar-refractivity contribution in [1.29, 1.82) is 0 Å². The molecule has 0 aromatic heterocycles. The molecule has 2 aromatic rings. The Morgan fingerprint density at radius 2 is 1.56 bits per heavy atom. The van der Waals surface area contributed by atoms with E-state index in [1.807, 2.05) is 30.3 Å². The van der Waals surface area contributed by atoms with Crippen LogP contribution in [-0.2, 0) is 10.8 Å². The van der Waals surface area contributed by atoms with E-state index in [-0.39, 0.29) is 6.04 Å². The predicted molar refractivity (Wildman–Crippen MR) is 77.7 cm³/mol. The highest BCUT2D eigenvalue weighted by molar-refractivity contribution is 7.84. The second-order valence-electron chi connectivity index (χ2n) is 4.33. The van der Waals surface area contributed by atoms with Crippen LogP contribution in [-0.4, -0.2) is 16.2 Å². The largest absolute Gasteiger partial charge is 0.323 e. The minimum absolute atomic E-state index is 0.152. The second-order valence-corrected chi connectivity index (χ2v) is 5.81. The maximum atomic E-state index is 11.1. The van der Waals surface area contributed by atoms with Gasteiger partial charge in [0.25, 0.3) is 0 Å². The van der Waals surface area contributed by atoms with E-state index in [1.54, 1.807) is 6.26 Å². The highest BCUT2D eigenvalue weighted by Gasteiger charge is 2.07. The van der Waals surface area contributed by atoms with Gasteiger partial charge in [-0.3, -0.25) is 4.21 Å². The molecular formula is C15H17NOS. The summed E-state index contributed by atoms with van der Waals surface area (Å²) >= 11 is 0. The van der Waals surface area contributed by atoms with E-state index < -0.39 is 10.8 Å². The van der Waals surface area contributed by atoms with Gasteiger partial charge >= 0.3 is 0 Å². The summed E-state index contributed by atoms with van der Waals surface area (Å²) in [6.45, 7) is 0. The minimum Gasteiger partial charge on any atom is -0.323 e. The van der Waals surface area contributed by atoms with E-state index >= 15 is 0 Å². The summed E-state index contributed by atoms with van der Waals surface area (Å²) in [5, 5.41) is 0. The lowest BCUT2D eigenvalue weighted by molar-refractivity contribution is 0.679. The molecule has 0 aliphatic rings. The molecule has 2 atom stereocenters. The van der Waals surface area contributed by atoms with Gasteiger partial charge in [-0.2, -0.15) is 0 Å². The van der Waals surface area contributed by atoms with E-state index in [1.165, 1.54) is 11.1 Å². The fraction of sp³-hybridized carbons (Fsp3) is 0.200. The van der Waals surface area contributed by atoms with Gasteiger partial charge in [-0.25, -0.2) is 0 Å². The maximum absolute atomic E-state index is 11.1. The molecule has 0 spiro atoms. The van der Waals surface area contributed by atoms with Crippen molar-refractivity contribution >= 4 is 10.8 Å². The summed E-state index contributed by atoms with van der Waals surface area (Å²) in [4.78, 5) is 0. The molecule has 0 heterocycles. The molecule has 2 rings (SSSR count). The lowest BCUT2D eigenvalue weighted by atomic mass is 10.0. The van der Waals surface area contributed by atoms with Crippen LogP contribution >= 0.6 is 0 Å². The van der Waals surface area contributed by atoms with Gasteiger partial charge in [0, 0.05) is 28.9 Å². The van der Waals surface area contributed by atoms with Gasteiger partial charge in [0.05, 0.1) is 0 Å². The quantitative estimate of drug-likeness (QED) is 0.917. The summed E-state index contributed by atoms with van der Waals surface area (Å²) in [7, 11) is -0.862. The summed E-state index contributed by atoms with van der Waals surface area (Å²) < 4.78 is 11.1. The molecule has 0 radical (unpaired) electrons. The first-order chi connectivity index (χ1) is 8.66. The number of hydrogen-bond acceptors (Lipinski definition) is 2. The fourth-order valence-corrected chi connectivity index (χ4v) is 2.60. The van der Waals surface area contributed by atoms with Gasteiger partial charge in [-0.1, -0.05) is 54.6 Å². The summed E-state index contributed by atoms with van der Waals surface area (Å²) in [5.74, 6) is 0.505. The summed E-state index contributed by atoms with van der Waals surface area (Å²) in [5.41, 5.74) is 9.39. The van der Waals surface area contributed by atoms with Crippen molar-refractivity contribution < 1.29 is 4.21 Å². The lowest BCUT2D eigenvalue weighted by Gasteiger charge is -2.11. The smallest absolute Gasteiger partial charge is 0.0425 e. The molecule has 2 N–H and O–H groups in total. The molecule has 0 aliphatic heterocycles. The molecule has 18 heavy (non-hydrogen) atoms. The molecule has 2 unspecified atom stereocenters. The van der Waals surface area contributed by atoms with Crippen molar-refractivity contribution in [1.82, 2.24) is 0 Å². The van der Waals surface area contributed by atoms with E-state index in [2.05, 4.69) is 24.3 Å². The molecule has 0 saturated carbocycles. The first-order valence-corrected chi connectivity index (χ1v) is 7.60. The molecule has 0 amide bonds. The maximum Gasteiger partial charge on any atom is 0.0425 e. The number of hydrogen-bond donors (Lipinski definition) is 1. The van der Waals surface area contributed by atoms with Gasteiger partial charge < -0.3 is 5.73 Å². The Balaban J connectivity index is 2.18. The average Bonchev–Trinajstić information content (AvgIpc) is 2.39. The van der Waals surface area contributed by atoms with Crippen LogP contribution in [0.3, 0.4) is 0 Å². The molecule has 0 saturated heterocycles. The fourth-order valence-electron chi connectivity index (χ4n) is 1.90. The molecule has 2 nitrogen and oxygen atoms in total. The predicted octanol–water partition coefficient (Wildman–Crippen LogP) is 2.73. The normalized spacial score (nSPS) is 14.1. The highest BCUT2D eigenvalue weighted by atomic mass is 32.2. The van der Waals surface area contributed by atoms with Crippen LogP contribution < -0.4 is 5.73 Å². The van der Waals surface area contributed by atoms with Gasteiger partial charge in [-0.05, 0) is 16.7 Å². The monoisotopic (exact) mass is 259 g/mol. The zero-order valence-electron chi connectivity index (χ0n) is 10.4. The van der Waals surface area contributed by atoms with Gasteiger partial charge in [0.1, 0.15) is 0 Å². The van der Waals surface area contributed by atoms with E-state index in [9.17, 15) is 4.21 Å². The number of rotatable bonds is 4. The molecule has 94 valence electrons. The van der Waals surface area contributed by atoms with Crippen molar-refractivity contribution in [2.24, 2.45) is 5.73 Å². The number of benzene rings is 2. The van der Waals surface area contributed by atoms with Crippen molar-refractivity contribution in [3.05, 3.63) is 60.2 Å². The topological polar surface area (TPSA) is 43.1 Å². The molecule has 0 bridgehead atoms. The third-order valence-electron chi connectivity index (χ3n) is 2.86. The van der Waals surface area contributed by atoms with Crippen molar-refractivity contribution in [2.45, 2.75) is 6.04 Å². The zero-order chi connectivity index (χ0) is 13.0. The summed E-state index contributed by atoms with van der Waals surface area (Å²) in [6, 6.07) is 18.2. The highest BCUT2D eigenvalue weighted by Crippen LogP contribution is 2.21. The molecular weight excluding hydrogens is 242 g/mol. The molecule has 3 heteroatoms. The Labute approximate surface area is 110 Å². The van der Waals surface area contributed by atoms with E-state index in [0.717, 1.165) is 5.56 Å². The van der Waals surface area contributed by atoms with Crippen LogP contribution in [0.5, 0.6) is 0 Å². The van der Waals surface area contributed by atoms with E-state index in [0.29, 0.717) is 5.75 Å². The lowest BCUT2D eigenvalue weighted by Crippen LogP contribution is -2.17. The van der Waals surface area contributed by atoms with Gasteiger partial charge in [-0.15, -0.1) is 0 Å². The van der Waals surface area contributed by atoms with Crippen molar-refractivity contribution in [2.75, 3.05) is 12.0 Å². The molecule has 2 aromatic carbocycles. The van der Waals surface area contributed by atoms with Crippen LogP contribution in [0.25, 0.3) is 11.1 Å². The SMILES string of the molecule is CS(=O)CC(N)c1ccc(-c2ccccc2)cc1. The Morgan fingerprint density at radius 3 is 2.11 bits per heavy atom. The van der Waals surface area contributed by atoms with Crippen LogP contribution in [0.2, 0.25) is 0 Å². The van der Waals surface area contributed by atoms with Crippen molar-refractivity contribution in [3.8, 4) is 11.1 Å². The van der Waals surface area contributed by atoms with Crippen LogP contribution in [0.15, 0.2) is 54.6 Å². The average molecular weight is 259 g/mol. The standard InChI is InChI=1S/C15H17NOS/c1-18(17)11-15(16)14-9-7-13(8-10-14)12-5-3-2-4-6-12/h2-10,15H,11,16H2,1H3. The Kier molecular flexibility index (Phi) is 4.28. The zero-order valence-corrected chi connectivity index (χ0v) is 11.2. The van der Waals surface area contributed by atoms with Crippen molar-refractivity contribution in [3.63, 3.8) is 0 Å². The van der Waals surface area contributed by atoms with Crippen LogP contribution in [0, 0.1) is 0 Å². The number of nitrogens with two attached hydrogens (primary N) is 1. The first kappa shape index (κ1) is 13.0. The Morgan fingerprint density at radius 1 is 1.00 bits per heavy atom. The van der Waals surface area contributed by atoms with Gasteiger partial charge in [0.2, 0.25) is 0 Å². The first-order valence-electron chi connectivity index (χ1n) is 5.88.